The van der Waals surface area contributed by atoms with Crippen molar-refractivity contribution >= 4 is 17.5 Å². The number of hydrogen-bond donors (Lipinski definition) is 0. The van der Waals surface area contributed by atoms with Crippen LogP contribution < -0.4 is 4.90 Å². The van der Waals surface area contributed by atoms with Crippen LogP contribution in [0.3, 0.4) is 0 Å². The van der Waals surface area contributed by atoms with Gasteiger partial charge in [0, 0.05) is 46.0 Å². The zero-order valence-corrected chi connectivity index (χ0v) is 15.8. The van der Waals surface area contributed by atoms with Crippen molar-refractivity contribution in [3.63, 3.8) is 0 Å². The molecule has 4 rings (SSSR count). The van der Waals surface area contributed by atoms with Crippen LogP contribution in [0, 0.1) is 6.92 Å². The van der Waals surface area contributed by atoms with Crippen LogP contribution in [0.25, 0.3) is 0 Å². The molecule has 0 bridgehead atoms. The van der Waals surface area contributed by atoms with E-state index in [0.29, 0.717) is 31.9 Å². The molecule has 2 amide bonds. The zero-order valence-electron chi connectivity index (χ0n) is 15.8. The molecule has 1 atom stereocenters. The molecule has 0 radical (unpaired) electrons. The van der Waals surface area contributed by atoms with E-state index < -0.39 is 0 Å². The lowest BCUT2D eigenvalue weighted by molar-refractivity contribution is -0.126. The highest BCUT2D eigenvalue weighted by Crippen LogP contribution is 2.24. The number of carbonyl (C=O) groups excluding carboxylic acids is 2. The van der Waals surface area contributed by atoms with Crippen LogP contribution in [-0.4, -0.2) is 70.2 Å². The Morgan fingerprint density at radius 2 is 1.96 bits per heavy atom. The van der Waals surface area contributed by atoms with E-state index in [1.54, 1.807) is 27.9 Å². The number of piperidine rings is 1. The lowest BCUT2D eigenvalue weighted by Crippen LogP contribution is -2.58. The van der Waals surface area contributed by atoms with Crippen molar-refractivity contribution < 1.29 is 14.0 Å². The summed E-state index contributed by atoms with van der Waals surface area (Å²) < 4.78 is 7.17. The average molecular weight is 371 g/mol. The lowest BCUT2D eigenvalue weighted by atomic mass is 10.0. The van der Waals surface area contributed by atoms with E-state index in [-0.39, 0.29) is 17.9 Å². The fourth-order valence-corrected chi connectivity index (χ4v) is 3.94. The second-order valence-electron chi connectivity index (χ2n) is 7.26. The van der Waals surface area contributed by atoms with Crippen LogP contribution in [-0.2, 0) is 11.8 Å². The van der Waals surface area contributed by atoms with E-state index in [0.717, 1.165) is 30.8 Å². The van der Waals surface area contributed by atoms with Gasteiger partial charge in [-0.1, -0.05) is 0 Å². The molecule has 8 nitrogen and oxygen atoms in total. The average Bonchev–Trinajstić information content (AvgIpc) is 3.30. The van der Waals surface area contributed by atoms with Gasteiger partial charge < -0.3 is 14.2 Å². The maximum atomic E-state index is 13.0. The molecule has 4 heterocycles. The van der Waals surface area contributed by atoms with Crippen molar-refractivity contribution in [1.29, 1.82) is 0 Å². The third-order valence-electron chi connectivity index (χ3n) is 5.41. The maximum Gasteiger partial charge on any atom is 0.289 e. The van der Waals surface area contributed by atoms with Crippen LogP contribution >= 0.6 is 0 Å². The Balaban J connectivity index is 1.39. The fourth-order valence-electron chi connectivity index (χ4n) is 3.94. The van der Waals surface area contributed by atoms with Crippen molar-refractivity contribution in [2.45, 2.75) is 25.8 Å². The lowest BCUT2D eigenvalue weighted by Gasteiger charge is -2.42. The monoisotopic (exact) mass is 371 g/mol. The van der Waals surface area contributed by atoms with Gasteiger partial charge in [0.15, 0.2) is 5.76 Å². The summed E-state index contributed by atoms with van der Waals surface area (Å²) in [5.74, 6) is 1.18. The van der Waals surface area contributed by atoms with Crippen molar-refractivity contribution in [3.05, 3.63) is 36.0 Å². The summed E-state index contributed by atoms with van der Waals surface area (Å²) in [5, 5.41) is 4.18. The number of nitrogens with zero attached hydrogens (tertiary/aromatic N) is 5. The summed E-state index contributed by atoms with van der Waals surface area (Å²) in [6.07, 6.45) is 5.45. The number of rotatable bonds is 3. The zero-order chi connectivity index (χ0) is 19.0. The molecule has 0 N–H and O–H groups in total. The van der Waals surface area contributed by atoms with Gasteiger partial charge in [-0.2, -0.15) is 5.10 Å². The normalized spacial score (nSPS) is 21.7. The Labute approximate surface area is 158 Å². The molecule has 0 spiro atoms. The second kappa shape index (κ2) is 7.19. The third-order valence-corrected chi connectivity index (χ3v) is 5.41. The van der Waals surface area contributed by atoms with Crippen molar-refractivity contribution in [1.82, 2.24) is 19.6 Å². The summed E-state index contributed by atoms with van der Waals surface area (Å²) in [6, 6.07) is 3.40. The summed E-state index contributed by atoms with van der Waals surface area (Å²) in [7, 11) is 1.85. The predicted octanol–water partition coefficient (Wildman–Crippen LogP) is 1.27. The summed E-state index contributed by atoms with van der Waals surface area (Å²) in [4.78, 5) is 31.4. The fraction of sp³-hybridized carbons (Fsp3) is 0.526. The van der Waals surface area contributed by atoms with Gasteiger partial charge in [-0.05, 0) is 31.9 Å². The molecule has 2 aromatic rings. The minimum absolute atomic E-state index is 0.0743. The van der Waals surface area contributed by atoms with Gasteiger partial charge >= 0.3 is 0 Å². The van der Waals surface area contributed by atoms with Gasteiger partial charge in [-0.3, -0.25) is 19.2 Å². The van der Waals surface area contributed by atoms with Gasteiger partial charge in [0.05, 0.1) is 17.9 Å². The Morgan fingerprint density at radius 1 is 1.19 bits per heavy atom. The summed E-state index contributed by atoms with van der Waals surface area (Å²) in [6.45, 7) is 5.17. The first-order chi connectivity index (χ1) is 13.0. The topological polar surface area (TPSA) is 74.8 Å². The molecule has 0 aromatic carbocycles. The molecule has 2 aliphatic heterocycles. The van der Waals surface area contributed by atoms with Crippen molar-refractivity contribution in [2.24, 2.45) is 7.05 Å². The largest absolute Gasteiger partial charge is 0.456 e. The highest BCUT2D eigenvalue weighted by molar-refractivity contribution is 5.97. The van der Waals surface area contributed by atoms with Gasteiger partial charge in [0.25, 0.3) is 5.91 Å². The maximum absolute atomic E-state index is 13.0. The molecule has 2 aromatic heterocycles. The Hall–Kier alpha value is -2.61. The SMILES string of the molecule is Cc1ccc(C(=O)N2CCN([C@H]3CCCN(c4cnn(C)c4)C3=O)CC2)o1. The van der Waals surface area contributed by atoms with Crippen LogP contribution in [0.15, 0.2) is 28.9 Å². The van der Waals surface area contributed by atoms with Crippen LogP contribution in [0.1, 0.15) is 29.2 Å². The number of piperazine rings is 1. The molecular formula is C19H25N5O3. The molecule has 0 unspecified atom stereocenters. The molecule has 2 saturated heterocycles. The molecule has 8 heteroatoms. The van der Waals surface area contributed by atoms with E-state index in [2.05, 4.69) is 10.00 Å². The Kier molecular flexibility index (Phi) is 4.73. The quantitative estimate of drug-likeness (QED) is 0.812. The van der Waals surface area contributed by atoms with E-state index in [4.69, 9.17) is 4.42 Å². The van der Waals surface area contributed by atoms with Gasteiger partial charge in [0.1, 0.15) is 5.76 Å². The second-order valence-corrected chi connectivity index (χ2v) is 7.26. The molecule has 0 saturated carbocycles. The number of carbonyl (C=O) groups is 2. The number of aryl methyl sites for hydroxylation is 2. The Morgan fingerprint density at radius 3 is 2.59 bits per heavy atom. The van der Waals surface area contributed by atoms with Gasteiger partial charge in [-0.25, -0.2) is 0 Å². The summed E-state index contributed by atoms with van der Waals surface area (Å²) in [5.41, 5.74) is 0.856. The highest BCUT2D eigenvalue weighted by atomic mass is 16.3. The predicted molar refractivity (Wildman–Crippen MR) is 99.5 cm³/mol. The van der Waals surface area contributed by atoms with Crippen molar-refractivity contribution in [2.75, 3.05) is 37.6 Å². The summed E-state index contributed by atoms with van der Waals surface area (Å²) >= 11 is 0. The molecule has 144 valence electrons. The van der Waals surface area contributed by atoms with E-state index in [9.17, 15) is 9.59 Å². The van der Waals surface area contributed by atoms with Crippen LogP contribution in [0.5, 0.6) is 0 Å². The van der Waals surface area contributed by atoms with Crippen LogP contribution in [0.4, 0.5) is 5.69 Å². The number of hydrogen-bond acceptors (Lipinski definition) is 5. The minimum Gasteiger partial charge on any atom is -0.456 e. The van der Waals surface area contributed by atoms with Gasteiger partial charge in [0.2, 0.25) is 5.91 Å². The Bertz CT molecular complexity index is 834. The number of anilines is 1. The first kappa shape index (κ1) is 17.8. The standard InChI is InChI=1S/C19H25N5O3/c1-14-5-6-17(27-14)19(26)23-10-8-22(9-11-23)16-4-3-7-24(18(16)25)15-12-20-21(2)13-15/h5-6,12-13,16H,3-4,7-11H2,1-2H3/t16-/m0/s1. The number of furan rings is 1. The molecule has 0 aliphatic carbocycles. The van der Waals surface area contributed by atoms with Crippen LogP contribution in [0.2, 0.25) is 0 Å². The first-order valence-electron chi connectivity index (χ1n) is 9.43. The van der Waals surface area contributed by atoms with Crippen molar-refractivity contribution in [3.8, 4) is 0 Å². The minimum atomic E-state index is -0.123. The highest BCUT2D eigenvalue weighted by Gasteiger charge is 2.36. The number of amides is 2. The number of aromatic nitrogens is 2. The third kappa shape index (κ3) is 3.49. The molecule has 27 heavy (non-hydrogen) atoms. The van der Waals surface area contributed by atoms with Gasteiger partial charge in [-0.15, -0.1) is 0 Å². The molecule has 2 aliphatic rings. The first-order valence-corrected chi connectivity index (χ1v) is 9.43. The molecular weight excluding hydrogens is 346 g/mol. The van der Waals surface area contributed by atoms with E-state index >= 15 is 0 Å². The smallest absolute Gasteiger partial charge is 0.289 e. The van der Waals surface area contributed by atoms with E-state index in [1.165, 1.54) is 0 Å². The van der Waals surface area contributed by atoms with E-state index in [1.807, 2.05) is 25.1 Å². The molecule has 2 fully saturated rings.